The van der Waals surface area contributed by atoms with Crippen LogP contribution in [0.5, 0.6) is 0 Å². The standard InChI is InChI=1S/C15H19N3S/c1-17-14(19)15(13-6-4-10-18-11-13)8-3-2-5-12(15)7-9-16/h4,6,10-12H,2-3,5,7-8H2,1H3,(H,17,19)/t12-,15+/m0/s1. The van der Waals surface area contributed by atoms with E-state index in [2.05, 4.69) is 22.4 Å². The molecule has 0 amide bonds. The molecule has 0 aliphatic heterocycles. The van der Waals surface area contributed by atoms with Crippen molar-refractivity contribution >= 4 is 17.2 Å². The van der Waals surface area contributed by atoms with Gasteiger partial charge in [-0.2, -0.15) is 5.26 Å². The highest BCUT2D eigenvalue weighted by Gasteiger charge is 2.45. The summed E-state index contributed by atoms with van der Waals surface area (Å²) < 4.78 is 0. The Kier molecular flexibility index (Phi) is 4.49. The van der Waals surface area contributed by atoms with Crippen molar-refractivity contribution in [3.8, 4) is 6.07 Å². The lowest BCUT2D eigenvalue weighted by Crippen LogP contribution is -2.49. The summed E-state index contributed by atoms with van der Waals surface area (Å²) in [5, 5.41) is 12.3. The van der Waals surface area contributed by atoms with E-state index in [1.165, 1.54) is 6.42 Å². The van der Waals surface area contributed by atoms with Gasteiger partial charge in [0.15, 0.2) is 0 Å². The fraction of sp³-hybridized carbons (Fsp3) is 0.533. The van der Waals surface area contributed by atoms with Crippen molar-refractivity contribution in [2.45, 2.75) is 37.5 Å². The maximum absolute atomic E-state index is 9.12. The Labute approximate surface area is 120 Å². The van der Waals surface area contributed by atoms with Crippen molar-refractivity contribution in [3.63, 3.8) is 0 Å². The molecule has 2 rings (SSSR count). The number of rotatable bonds is 3. The van der Waals surface area contributed by atoms with Gasteiger partial charge in [0, 0.05) is 25.9 Å². The number of hydrogen-bond acceptors (Lipinski definition) is 3. The van der Waals surface area contributed by atoms with Gasteiger partial charge in [0.1, 0.15) is 0 Å². The van der Waals surface area contributed by atoms with Gasteiger partial charge in [-0.15, -0.1) is 0 Å². The summed E-state index contributed by atoms with van der Waals surface area (Å²) in [5.74, 6) is 0.287. The molecule has 1 aromatic rings. The molecule has 0 saturated heterocycles. The van der Waals surface area contributed by atoms with E-state index in [9.17, 15) is 0 Å². The zero-order valence-electron chi connectivity index (χ0n) is 11.2. The van der Waals surface area contributed by atoms with Gasteiger partial charge in [0.05, 0.1) is 16.5 Å². The first kappa shape index (κ1) is 14.0. The Balaban J connectivity index is 2.49. The molecule has 19 heavy (non-hydrogen) atoms. The minimum absolute atomic E-state index is 0.216. The number of nitriles is 1. The number of nitrogens with one attached hydrogen (secondary N) is 1. The molecule has 0 unspecified atom stereocenters. The van der Waals surface area contributed by atoms with E-state index in [1.807, 2.05) is 19.3 Å². The zero-order chi connectivity index (χ0) is 13.7. The quantitative estimate of drug-likeness (QED) is 0.860. The molecule has 100 valence electrons. The average Bonchev–Trinajstić information content (AvgIpc) is 2.48. The molecule has 1 heterocycles. The van der Waals surface area contributed by atoms with E-state index < -0.39 is 0 Å². The van der Waals surface area contributed by atoms with Crippen LogP contribution in [0.25, 0.3) is 0 Å². The minimum Gasteiger partial charge on any atom is -0.382 e. The second kappa shape index (κ2) is 6.12. The minimum atomic E-state index is -0.216. The summed E-state index contributed by atoms with van der Waals surface area (Å²) in [7, 11) is 1.87. The predicted molar refractivity (Wildman–Crippen MR) is 79.8 cm³/mol. The first-order valence-electron chi connectivity index (χ1n) is 6.75. The molecule has 0 aromatic carbocycles. The van der Waals surface area contributed by atoms with Crippen LogP contribution in [0, 0.1) is 17.2 Å². The van der Waals surface area contributed by atoms with Crippen molar-refractivity contribution in [1.82, 2.24) is 10.3 Å². The predicted octanol–water partition coefficient (Wildman–Crippen LogP) is 2.97. The molecular weight excluding hydrogens is 254 g/mol. The van der Waals surface area contributed by atoms with Gasteiger partial charge >= 0.3 is 0 Å². The summed E-state index contributed by atoms with van der Waals surface area (Å²) >= 11 is 5.61. The van der Waals surface area contributed by atoms with Crippen LogP contribution in [0.2, 0.25) is 0 Å². The highest BCUT2D eigenvalue weighted by molar-refractivity contribution is 7.80. The molecule has 1 aromatic heterocycles. The van der Waals surface area contributed by atoms with Crippen molar-refractivity contribution < 1.29 is 0 Å². The number of aromatic nitrogens is 1. The molecule has 1 saturated carbocycles. The van der Waals surface area contributed by atoms with E-state index >= 15 is 0 Å². The smallest absolute Gasteiger partial charge is 0.0861 e. The van der Waals surface area contributed by atoms with E-state index in [4.69, 9.17) is 17.5 Å². The highest BCUT2D eigenvalue weighted by Crippen LogP contribution is 2.45. The van der Waals surface area contributed by atoms with Crippen LogP contribution in [-0.2, 0) is 5.41 Å². The number of thiocarbonyl (C=S) groups is 1. The lowest BCUT2D eigenvalue weighted by Gasteiger charge is -2.44. The number of hydrogen-bond donors (Lipinski definition) is 1. The maximum atomic E-state index is 9.12. The summed E-state index contributed by atoms with van der Waals surface area (Å²) in [6.45, 7) is 0. The van der Waals surface area contributed by atoms with Crippen LogP contribution in [0.4, 0.5) is 0 Å². The molecule has 4 heteroatoms. The highest BCUT2D eigenvalue weighted by atomic mass is 32.1. The monoisotopic (exact) mass is 273 g/mol. The Bertz CT molecular complexity index is 480. The molecule has 3 nitrogen and oxygen atoms in total. The van der Waals surface area contributed by atoms with Crippen LogP contribution in [-0.4, -0.2) is 17.0 Å². The van der Waals surface area contributed by atoms with Crippen LogP contribution in [0.3, 0.4) is 0 Å². The van der Waals surface area contributed by atoms with Gasteiger partial charge in [-0.25, -0.2) is 0 Å². The molecule has 0 bridgehead atoms. The van der Waals surface area contributed by atoms with Crippen LogP contribution in [0.15, 0.2) is 24.5 Å². The summed E-state index contributed by atoms with van der Waals surface area (Å²) in [6, 6.07) is 6.37. The molecule has 0 spiro atoms. The third kappa shape index (κ3) is 2.48. The molecule has 2 atom stereocenters. The third-order valence-corrected chi connectivity index (χ3v) is 4.79. The van der Waals surface area contributed by atoms with Gasteiger partial charge in [-0.3, -0.25) is 4.98 Å². The van der Waals surface area contributed by atoms with Gasteiger partial charge in [-0.05, 0) is 30.4 Å². The molecule has 1 aliphatic rings. The van der Waals surface area contributed by atoms with Crippen LogP contribution >= 0.6 is 12.2 Å². The van der Waals surface area contributed by atoms with Crippen molar-refractivity contribution in [1.29, 1.82) is 5.26 Å². The number of nitrogens with zero attached hydrogens (tertiary/aromatic N) is 2. The number of pyridine rings is 1. The fourth-order valence-corrected chi connectivity index (χ4v) is 3.68. The second-order valence-corrected chi connectivity index (χ2v) is 5.51. The summed E-state index contributed by atoms with van der Waals surface area (Å²) in [5.41, 5.74) is 0.932. The van der Waals surface area contributed by atoms with E-state index in [-0.39, 0.29) is 11.3 Å². The maximum Gasteiger partial charge on any atom is 0.0861 e. The molecule has 0 radical (unpaired) electrons. The lowest BCUT2D eigenvalue weighted by molar-refractivity contribution is 0.255. The van der Waals surface area contributed by atoms with Crippen molar-refractivity contribution in [2.24, 2.45) is 5.92 Å². The van der Waals surface area contributed by atoms with E-state index in [1.54, 1.807) is 6.20 Å². The van der Waals surface area contributed by atoms with Crippen LogP contribution in [0.1, 0.15) is 37.7 Å². The SMILES string of the molecule is CNC(=S)[C@]1(c2cccnc2)CCCC[C@H]1CC#N. The second-order valence-electron chi connectivity index (χ2n) is 5.10. The van der Waals surface area contributed by atoms with Crippen molar-refractivity contribution in [2.75, 3.05) is 7.05 Å². The molecule has 1 N–H and O–H groups in total. The Morgan fingerprint density at radius 2 is 2.47 bits per heavy atom. The Morgan fingerprint density at radius 3 is 3.11 bits per heavy atom. The van der Waals surface area contributed by atoms with Gasteiger partial charge in [0.25, 0.3) is 0 Å². The topological polar surface area (TPSA) is 48.7 Å². The largest absolute Gasteiger partial charge is 0.382 e. The van der Waals surface area contributed by atoms with E-state index in [0.717, 1.165) is 29.8 Å². The normalized spacial score (nSPS) is 26.4. The number of likely N-dealkylation sites (N-methyl/N-ethyl adjacent to an activating group) is 1. The first-order valence-corrected chi connectivity index (χ1v) is 7.16. The van der Waals surface area contributed by atoms with Gasteiger partial charge in [-0.1, -0.05) is 31.1 Å². The molecule has 1 fully saturated rings. The van der Waals surface area contributed by atoms with Gasteiger partial charge < -0.3 is 5.32 Å². The molecule has 1 aliphatic carbocycles. The zero-order valence-corrected chi connectivity index (χ0v) is 12.0. The van der Waals surface area contributed by atoms with Crippen molar-refractivity contribution in [3.05, 3.63) is 30.1 Å². The van der Waals surface area contributed by atoms with E-state index in [0.29, 0.717) is 6.42 Å². The Morgan fingerprint density at radius 1 is 1.63 bits per heavy atom. The van der Waals surface area contributed by atoms with Gasteiger partial charge in [0.2, 0.25) is 0 Å². The summed E-state index contributed by atoms with van der Waals surface area (Å²) in [6.07, 6.45) is 8.63. The summed E-state index contributed by atoms with van der Waals surface area (Å²) in [4.78, 5) is 5.09. The Hall–Kier alpha value is -1.47. The van der Waals surface area contributed by atoms with Crippen LogP contribution < -0.4 is 5.32 Å². The fourth-order valence-electron chi connectivity index (χ4n) is 3.29. The lowest BCUT2D eigenvalue weighted by atomic mass is 9.61. The first-order chi connectivity index (χ1) is 9.25. The molecular formula is C15H19N3S. The average molecular weight is 273 g/mol. The third-order valence-electron chi connectivity index (χ3n) is 4.22.